The van der Waals surface area contributed by atoms with Crippen LogP contribution in [0.25, 0.3) is 16.9 Å². The fraction of sp³-hybridized carbons (Fsp3) is 0.280. The highest BCUT2D eigenvalue weighted by Gasteiger charge is 2.30. The van der Waals surface area contributed by atoms with Gasteiger partial charge in [0.1, 0.15) is 0 Å². The third kappa shape index (κ3) is 3.93. The van der Waals surface area contributed by atoms with Gasteiger partial charge in [-0.05, 0) is 68.7 Å². The van der Waals surface area contributed by atoms with Crippen molar-refractivity contribution in [2.45, 2.75) is 32.1 Å². The first-order valence-electron chi connectivity index (χ1n) is 11.6. The van der Waals surface area contributed by atoms with Crippen LogP contribution in [0.5, 0.6) is 0 Å². The zero-order valence-electron chi connectivity index (χ0n) is 19.2. The molecule has 4 aromatic rings. The standard InChI is InChI=1S/C25H24N6O3S/c1-16-23-20(25(32)27-18-8-10-19(11-9-18)30-13-4-14-35(30,33)34)15-21(17-6-7-17)28-24(23)31(29-16)22-5-2-3-12-26-22/h2-3,5,8-12,15,17H,4,6-7,13-14H2,1H3,(H,27,32). The maximum atomic E-state index is 13.5. The predicted molar refractivity (Wildman–Crippen MR) is 134 cm³/mol. The molecule has 1 saturated heterocycles. The fourth-order valence-electron chi connectivity index (χ4n) is 4.55. The van der Waals surface area contributed by atoms with Gasteiger partial charge in [-0.25, -0.2) is 18.4 Å². The van der Waals surface area contributed by atoms with Crippen LogP contribution < -0.4 is 9.62 Å². The molecule has 0 bridgehead atoms. The van der Waals surface area contributed by atoms with Gasteiger partial charge in [0.05, 0.1) is 28.1 Å². The highest BCUT2D eigenvalue weighted by molar-refractivity contribution is 7.93. The van der Waals surface area contributed by atoms with Crippen LogP contribution in [0.15, 0.2) is 54.7 Å². The van der Waals surface area contributed by atoms with Gasteiger partial charge in [-0.1, -0.05) is 6.07 Å². The molecule has 9 nitrogen and oxygen atoms in total. The summed E-state index contributed by atoms with van der Waals surface area (Å²) in [4.78, 5) is 22.7. The number of fused-ring (bicyclic) bond motifs is 1. The number of rotatable bonds is 5. The van der Waals surface area contributed by atoms with Crippen molar-refractivity contribution in [2.75, 3.05) is 21.9 Å². The summed E-state index contributed by atoms with van der Waals surface area (Å²) >= 11 is 0. The second-order valence-electron chi connectivity index (χ2n) is 9.00. The molecule has 35 heavy (non-hydrogen) atoms. The lowest BCUT2D eigenvalue weighted by Gasteiger charge is -2.17. The molecular weight excluding hydrogens is 464 g/mol. The number of aryl methyl sites for hydroxylation is 1. The Bertz CT molecular complexity index is 1540. The molecule has 0 atom stereocenters. The van der Waals surface area contributed by atoms with Crippen LogP contribution in [0, 0.1) is 6.92 Å². The van der Waals surface area contributed by atoms with Crippen LogP contribution in [0.3, 0.4) is 0 Å². The predicted octanol–water partition coefficient (Wildman–Crippen LogP) is 3.79. The molecule has 3 aromatic heterocycles. The molecule has 1 N–H and O–H groups in total. The molecule has 178 valence electrons. The van der Waals surface area contributed by atoms with Gasteiger partial charge in [-0.2, -0.15) is 9.78 Å². The lowest BCUT2D eigenvalue weighted by Crippen LogP contribution is -2.25. The number of carbonyl (C=O) groups is 1. The van der Waals surface area contributed by atoms with E-state index in [4.69, 9.17) is 4.98 Å². The molecule has 1 aromatic carbocycles. The zero-order chi connectivity index (χ0) is 24.2. The van der Waals surface area contributed by atoms with Crippen molar-refractivity contribution in [3.8, 4) is 5.82 Å². The Morgan fingerprint density at radius 3 is 2.57 bits per heavy atom. The number of sulfonamides is 1. The maximum Gasteiger partial charge on any atom is 0.256 e. The zero-order valence-corrected chi connectivity index (χ0v) is 20.0. The number of benzene rings is 1. The summed E-state index contributed by atoms with van der Waals surface area (Å²) in [6.07, 6.45) is 4.43. The molecule has 6 rings (SSSR count). The van der Waals surface area contributed by atoms with Crippen LogP contribution >= 0.6 is 0 Å². The summed E-state index contributed by atoms with van der Waals surface area (Å²) in [6.45, 7) is 2.34. The number of hydrogen-bond donors (Lipinski definition) is 1. The number of amides is 1. The summed E-state index contributed by atoms with van der Waals surface area (Å²) in [6, 6.07) is 14.4. The van der Waals surface area contributed by atoms with Crippen LogP contribution in [-0.2, 0) is 10.0 Å². The smallest absolute Gasteiger partial charge is 0.256 e. The van der Waals surface area contributed by atoms with E-state index in [-0.39, 0.29) is 11.7 Å². The number of carbonyl (C=O) groups excluding carboxylic acids is 1. The van der Waals surface area contributed by atoms with Crippen molar-refractivity contribution in [3.05, 3.63) is 71.7 Å². The van der Waals surface area contributed by atoms with Crippen molar-refractivity contribution in [3.63, 3.8) is 0 Å². The highest BCUT2D eigenvalue weighted by Crippen LogP contribution is 2.41. The van der Waals surface area contributed by atoms with E-state index < -0.39 is 10.0 Å². The average molecular weight is 489 g/mol. The molecule has 0 radical (unpaired) electrons. The third-order valence-electron chi connectivity index (χ3n) is 6.45. The van der Waals surface area contributed by atoms with E-state index >= 15 is 0 Å². The molecule has 0 unspecified atom stereocenters. The molecule has 1 aliphatic carbocycles. The number of pyridine rings is 2. The van der Waals surface area contributed by atoms with E-state index in [0.29, 0.717) is 58.4 Å². The number of nitrogens with zero attached hydrogens (tertiary/aromatic N) is 5. The van der Waals surface area contributed by atoms with Crippen LogP contribution in [-0.4, -0.2) is 46.4 Å². The average Bonchev–Trinajstić information content (AvgIpc) is 3.58. The molecule has 2 fully saturated rings. The Kier molecular flexibility index (Phi) is 5.06. The first-order chi connectivity index (χ1) is 16.9. The normalized spacial score (nSPS) is 17.1. The van der Waals surface area contributed by atoms with E-state index in [1.807, 2.05) is 31.2 Å². The van der Waals surface area contributed by atoms with Gasteiger partial charge in [0, 0.05) is 30.0 Å². The Balaban J connectivity index is 1.36. The Morgan fingerprint density at radius 2 is 1.91 bits per heavy atom. The van der Waals surface area contributed by atoms with E-state index in [9.17, 15) is 13.2 Å². The summed E-state index contributed by atoms with van der Waals surface area (Å²) < 4.78 is 27.5. The van der Waals surface area contributed by atoms with Gasteiger partial charge in [-0.3, -0.25) is 9.10 Å². The molecule has 2 aliphatic rings. The Morgan fingerprint density at radius 1 is 1.11 bits per heavy atom. The SMILES string of the molecule is Cc1nn(-c2ccccn2)c2nc(C3CC3)cc(C(=O)Nc3ccc(N4CCCS4(=O)=O)cc3)c12. The van der Waals surface area contributed by atoms with E-state index in [0.717, 1.165) is 18.5 Å². The van der Waals surface area contributed by atoms with Crippen molar-refractivity contribution in [2.24, 2.45) is 0 Å². The lowest BCUT2D eigenvalue weighted by atomic mass is 10.1. The monoisotopic (exact) mass is 488 g/mol. The van der Waals surface area contributed by atoms with Gasteiger partial charge in [0.15, 0.2) is 11.5 Å². The summed E-state index contributed by atoms with van der Waals surface area (Å²) in [5.41, 5.74) is 3.90. The second-order valence-corrected chi connectivity index (χ2v) is 11.0. The largest absolute Gasteiger partial charge is 0.322 e. The van der Waals surface area contributed by atoms with E-state index in [2.05, 4.69) is 15.4 Å². The molecule has 4 heterocycles. The minimum absolute atomic E-state index is 0.165. The second kappa shape index (κ2) is 8.16. The molecular formula is C25H24N6O3S. The van der Waals surface area contributed by atoms with Crippen molar-refractivity contribution in [1.29, 1.82) is 0 Å². The van der Waals surface area contributed by atoms with Gasteiger partial charge in [0.25, 0.3) is 5.91 Å². The first kappa shape index (κ1) is 21.7. The van der Waals surface area contributed by atoms with Crippen molar-refractivity contribution >= 4 is 38.3 Å². The number of hydrogen-bond acceptors (Lipinski definition) is 6. The lowest BCUT2D eigenvalue weighted by molar-refractivity contribution is 0.102. The summed E-state index contributed by atoms with van der Waals surface area (Å²) in [5, 5.41) is 8.31. The molecule has 1 saturated carbocycles. The van der Waals surface area contributed by atoms with E-state index in [1.165, 1.54) is 4.31 Å². The summed E-state index contributed by atoms with van der Waals surface area (Å²) in [5.74, 6) is 0.896. The number of aromatic nitrogens is 4. The van der Waals surface area contributed by atoms with E-state index in [1.54, 1.807) is 35.1 Å². The Labute approximate surface area is 202 Å². The molecule has 1 amide bonds. The maximum absolute atomic E-state index is 13.5. The van der Waals surface area contributed by atoms with Gasteiger partial charge in [0.2, 0.25) is 10.0 Å². The van der Waals surface area contributed by atoms with Gasteiger partial charge >= 0.3 is 0 Å². The van der Waals surface area contributed by atoms with Gasteiger partial charge in [-0.15, -0.1) is 0 Å². The first-order valence-corrected chi connectivity index (χ1v) is 13.3. The minimum Gasteiger partial charge on any atom is -0.322 e. The number of nitrogens with one attached hydrogen (secondary N) is 1. The van der Waals surface area contributed by atoms with Crippen LogP contribution in [0.1, 0.15) is 46.9 Å². The summed E-state index contributed by atoms with van der Waals surface area (Å²) in [7, 11) is -3.25. The number of anilines is 2. The topological polar surface area (TPSA) is 110 Å². The highest BCUT2D eigenvalue weighted by atomic mass is 32.2. The molecule has 0 spiro atoms. The molecule has 1 aliphatic heterocycles. The van der Waals surface area contributed by atoms with Crippen LogP contribution in [0.4, 0.5) is 11.4 Å². The Hall–Kier alpha value is -3.79. The van der Waals surface area contributed by atoms with Crippen LogP contribution in [0.2, 0.25) is 0 Å². The quantitative estimate of drug-likeness (QED) is 0.458. The van der Waals surface area contributed by atoms with Gasteiger partial charge < -0.3 is 5.32 Å². The van der Waals surface area contributed by atoms with Crippen molar-refractivity contribution < 1.29 is 13.2 Å². The molecule has 10 heteroatoms. The fourth-order valence-corrected chi connectivity index (χ4v) is 6.12. The minimum atomic E-state index is -3.25. The third-order valence-corrected chi connectivity index (χ3v) is 8.32. The van der Waals surface area contributed by atoms with Crippen molar-refractivity contribution in [1.82, 2.24) is 19.7 Å².